The second-order valence-electron chi connectivity index (χ2n) is 6.05. The molecule has 0 aromatic heterocycles. The number of phenolic OH excluding ortho intramolecular Hbond substituents is 2. The van der Waals surface area contributed by atoms with Crippen LogP contribution < -0.4 is 0 Å². The fraction of sp³-hybridized carbons (Fsp3) is 0. The highest BCUT2D eigenvalue weighted by molar-refractivity contribution is 7.85. The first-order valence-corrected chi connectivity index (χ1v) is 9.88. The largest absolute Gasteiger partial charge is 0.505 e. The van der Waals surface area contributed by atoms with Crippen molar-refractivity contribution in [2.45, 2.75) is 4.90 Å². The quantitative estimate of drug-likeness (QED) is 0.310. The van der Waals surface area contributed by atoms with Gasteiger partial charge in [0.1, 0.15) is 22.9 Å². The summed E-state index contributed by atoms with van der Waals surface area (Å²) in [5.41, 5.74) is 0.572. The SMILES string of the molecule is O=C(O)c1ccc(N=Nc2cc(N=Nc3ccc(S(=O)(=O)O)cc3)c(O)cc2O)cc1. The van der Waals surface area contributed by atoms with E-state index in [1.54, 1.807) is 0 Å². The molecule has 0 atom stereocenters. The Morgan fingerprint density at radius 1 is 0.710 bits per heavy atom. The summed E-state index contributed by atoms with van der Waals surface area (Å²) >= 11 is 0. The Labute approximate surface area is 175 Å². The van der Waals surface area contributed by atoms with E-state index in [1.165, 1.54) is 42.5 Å². The van der Waals surface area contributed by atoms with Crippen LogP contribution in [0.15, 0.2) is 86.0 Å². The van der Waals surface area contributed by atoms with Gasteiger partial charge in [0.15, 0.2) is 0 Å². The van der Waals surface area contributed by atoms with Gasteiger partial charge in [0, 0.05) is 12.1 Å². The first-order chi connectivity index (χ1) is 14.6. The minimum atomic E-state index is -4.33. The number of hydrogen-bond acceptors (Lipinski definition) is 9. The van der Waals surface area contributed by atoms with Gasteiger partial charge in [0.2, 0.25) is 0 Å². The highest BCUT2D eigenvalue weighted by atomic mass is 32.2. The molecule has 0 bridgehead atoms. The molecule has 0 saturated carbocycles. The van der Waals surface area contributed by atoms with Gasteiger partial charge in [-0.2, -0.15) is 18.6 Å². The lowest BCUT2D eigenvalue weighted by Gasteiger charge is -2.03. The predicted octanol–water partition coefficient (Wildman–Crippen LogP) is 4.87. The Balaban J connectivity index is 1.83. The van der Waals surface area contributed by atoms with E-state index < -0.39 is 16.1 Å². The number of aromatic hydroxyl groups is 2. The zero-order chi connectivity index (χ0) is 22.6. The van der Waals surface area contributed by atoms with Crippen molar-refractivity contribution in [3.05, 3.63) is 66.2 Å². The lowest BCUT2D eigenvalue weighted by Crippen LogP contribution is -1.96. The van der Waals surface area contributed by atoms with Crippen molar-refractivity contribution in [2.75, 3.05) is 0 Å². The molecule has 31 heavy (non-hydrogen) atoms. The summed E-state index contributed by atoms with van der Waals surface area (Å²) < 4.78 is 31.1. The molecule has 3 rings (SSSR count). The Hall–Kier alpha value is -4.16. The Bertz CT molecular complexity index is 1290. The molecule has 0 aliphatic rings. The first-order valence-electron chi connectivity index (χ1n) is 8.44. The van der Waals surface area contributed by atoms with Crippen molar-refractivity contribution >= 4 is 38.8 Å². The second kappa shape index (κ2) is 8.69. The van der Waals surface area contributed by atoms with Crippen LogP contribution in [0.1, 0.15) is 10.4 Å². The Morgan fingerprint density at radius 2 is 1.16 bits per heavy atom. The number of carboxylic acid groups (broad SMARTS) is 1. The molecule has 11 nitrogen and oxygen atoms in total. The van der Waals surface area contributed by atoms with Crippen molar-refractivity contribution in [2.24, 2.45) is 20.5 Å². The van der Waals surface area contributed by atoms with E-state index >= 15 is 0 Å². The van der Waals surface area contributed by atoms with Crippen LogP contribution in [0, 0.1) is 0 Å². The summed E-state index contributed by atoms with van der Waals surface area (Å²) in [6.07, 6.45) is 0. The van der Waals surface area contributed by atoms with Crippen molar-refractivity contribution < 1.29 is 33.1 Å². The maximum absolute atomic E-state index is 11.0. The molecular weight excluding hydrogens is 428 g/mol. The molecule has 0 saturated heterocycles. The summed E-state index contributed by atoms with van der Waals surface area (Å²) in [4.78, 5) is 10.6. The molecular formula is C19H14N4O7S. The fourth-order valence-corrected chi connectivity index (χ4v) is 2.77. The summed E-state index contributed by atoms with van der Waals surface area (Å²) in [6.45, 7) is 0. The van der Waals surface area contributed by atoms with E-state index in [2.05, 4.69) is 20.5 Å². The highest BCUT2D eigenvalue weighted by Gasteiger charge is 2.10. The van der Waals surface area contributed by atoms with Crippen LogP contribution in [0.25, 0.3) is 0 Å². The average molecular weight is 442 g/mol. The number of benzene rings is 3. The summed E-state index contributed by atoms with van der Waals surface area (Å²) in [7, 11) is -4.33. The molecule has 0 fully saturated rings. The number of carbonyl (C=O) groups is 1. The van der Waals surface area contributed by atoms with E-state index in [1.807, 2.05) is 0 Å². The van der Waals surface area contributed by atoms with E-state index in [-0.39, 0.29) is 39.0 Å². The maximum Gasteiger partial charge on any atom is 0.335 e. The monoisotopic (exact) mass is 442 g/mol. The number of nitrogens with zero attached hydrogens (tertiary/aromatic N) is 4. The van der Waals surface area contributed by atoms with Crippen molar-refractivity contribution in [3.63, 3.8) is 0 Å². The third-order valence-electron chi connectivity index (χ3n) is 3.87. The zero-order valence-electron chi connectivity index (χ0n) is 15.5. The van der Waals surface area contributed by atoms with Gasteiger partial charge in [-0.25, -0.2) is 4.79 Å². The van der Waals surface area contributed by atoms with E-state index in [4.69, 9.17) is 9.66 Å². The van der Waals surface area contributed by atoms with Crippen LogP contribution in [0.5, 0.6) is 11.5 Å². The molecule has 12 heteroatoms. The predicted molar refractivity (Wildman–Crippen MR) is 108 cm³/mol. The number of aromatic carboxylic acids is 1. The van der Waals surface area contributed by atoms with Crippen molar-refractivity contribution in [1.29, 1.82) is 0 Å². The molecule has 0 radical (unpaired) electrons. The molecule has 0 unspecified atom stereocenters. The van der Waals surface area contributed by atoms with E-state index in [0.717, 1.165) is 18.2 Å². The maximum atomic E-state index is 11.0. The smallest absolute Gasteiger partial charge is 0.335 e. The minimum Gasteiger partial charge on any atom is -0.505 e. The van der Waals surface area contributed by atoms with Gasteiger partial charge < -0.3 is 15.3 Å². The van der Waals surface area contributed by atoms with Gasteiger partial charge in [-0.05, 0) is 48.5 Å². The number of rotatable bonds is 6. The molecule has 0 aliphatic heterocycles. The van der Waals surface area contributed by atoms with E-state index in [0.29, 0.717) is 5.69 Å². The molecule has 158 valence electrons. The van der Waals surface area contributed by atoms with Crippen LogP contribution in [-0.4, -0.2) is 34.3 Å². The molecule has 0 aliphatic carbocycles. The lowest BCUT2D eigenvalue weighted by atomic mass is 10.2. The third kappa shape index (κ3) is 5.46. The van der Waals surface area contributed by atoms with Gasteiger partial charge in [-0.15, -0.1) is 10.2 Å². The van der Waals surface area contributed by atoms with E-state index in [9.17, 15) is 23.4 Å². The molecule has 0 amide bonds. The molecule has 0 heterocycles. The third-order valence-corrected chi connectivity index (χ3v) is 4.73. The topological polar surface area (TPSA) is 182 Å². The van der Waals surface area contributed by atoms with Gasteiger partial charge in [-0.1, -0.05) is 0 Å². The van der Waals surface area contributed by atoms with Crippen molar-refractivity contribution in [1.82, 2.24) is 0 Å². The fourth-order valence-electron chi connectivity index (χ4n) is 2.29. The normalized spacial score (nSPS) is 11.9. The molecule has 0 spiro atoms. The number of phenols is 2. The molecule has 4 N–H and O–H groups in total. The second-order valence-corrected chi connectivity index (χ2v) is 7.47. The minimum absolute atomic E-state index is 0.0317. The standard InChI is InChI=1S/C19H14N4O7S/c24-17-10-18(25)16(23-21-13-5-7-14(8-6-13)31(28,29)30)9-15(17)22-20-12-3-1-11(2-4-12)19(26)27/h1-10,24-25H,(H,26,27)(H,28,29,30). The zero-order valence-corrected chi connectivity index (χ0v) is 16.3. The first kappa shape index (κ1) is 21.5. The van der Waals surface area contributed by atoms with Crippen LogP contribution in [0.3, 0.4) is 0 Å². The number of azo groups is 2. The molecule has 3 aromatic rings. The summed E-state index contributed by atoms with van der Waals surface area (Å²) in [5.74, 6) is -1.84. The van der Waals surface area contributed by atoms with Crippen LogP contribution in [-0.2, 0) is 10.1 Å². The lowest BCUT2D eigenvalue weighted by molar-refractivity contribution is 0.0697. The molecule has 3 aromatic carbocycles. The Morgan fingerprint density at radius 3 is 1.58 bits per heavy atom. The average Bonchev–Trinajstić information content (AvgIpc) is 2.72. The van der Waals surface area contributed by atoms with Crippen LogP contribution in [0.2, 0.25) is 0 Å². The van der Waals surface area contributed by atoms with Crippen LogP contribution >= 0.6 is 0 Å². The van der Waals surface area contributed by atoms with Gasteiger partial charge in [0.25, 0.3) is 10.1 Å². The summed E-state index contributed by atoms with van der Waals surface area (Å²) in [6, 6.07) is 12.6. The number of hydrogen-bond donors (Lipinski definition) is 4. The van der Waals surface area contributed by atoms with Gasteiger partial charge >= 0.3 is 5.97 Å². The van der Waals surface area contributed by atoms with Crippen LogP contribution in [0.4, 0.5) is 22.7 Å². The highest BCUT2D eigenvalue weighted by Crippen LogP contribution is 2.39. The summed E-state index contributed by atoms with van der Waals surface area (Å²) in [5, 5.41) is 44.3. The number of carboxylic acids is 1. The Kier molecular flexibility index (Phi) is 6.04. The van der Waals surface area contributed by atoms with Gasteiger partial charge in [0.05, 0.1) is 21.8 Å². The van der Waals surface area contributed by atoms with Gasteiger partial charge in [-0.3, -0.25) is 4.55 Å². The van der Waals surface area contributed by atoms with Crippen molar-refractivity contribution in [3.8, 4) is 11.5 Å².